The van der Waals surface area contributed by atoms with E-state index in [1.165, 1.54) is 12.1 Å². The fourth-order valence-electron chi connectivity index (χ4n) is 4.63. The summed E-state index contributed by atoms with van der Waals surface area (Å²) < 4.78 is 45.7. The van der Waals surface area contributed by atoms with Gasteiger partial charge in [-0.05, 0) is 72.4 Å². The first kappa shape index (κ1) is 23.2. The van der Waals surface area contributed by atoms with E-state index in [-0.39, 0.29) is 27.8 Å². The van der Waals surface area contributed by atoms with Crippen molar-refractivity contribution in [3.63, 3.8) is 0 Å². The SMILES string of the molecule is CC1CC(=Cc2ccc(-c3ccc(Cl)c(C(F)(F)F)c3)o2)c2nc3ccccc3c(C(=O)O)c2C1. The number of hydrogen-bond donors (Lipinski definition) is 1. The van der Waals surface area contributed by atoms with Crippen molar-refractivity contribution in [2.75, 3.05) is 0 Å². The van der Waals surface area contributed by atoms with E-state index in [4.69, 9.17) is 21.0 Å². The molecular formula is C27H19ClF3NO3. The molecule has 0 saturated heterocycles. The zero-order chi connectivity index (χ0) is 24.9. The van der Waals surface area contributed by atoms with E-state index >= 15 is 0 Å². The number of halogens is 4. The van der Waals surface area contributed by atoms with Crippen molar-refractivity contribution in [1.82, 2.24) is 4.98 Å². The highest BCUT2D eigenvalue weighted by Crippen LogP contribution is 2.40. The van der Waals surface area contributed by atoms with Crippen molar-refractivity contribution in [1.29, 1.82) is 0 Å². The van der Waals surface area contributed by atoms with Crippen molar-refractivity contribution < 1.29 is 27.5 Å². The van der Waals surface area contributed by atoms with Crippen LogP contribution in [0.15, 0.2) is 59.0 Å². The van der Waals surface area contributed by atoms with Crippen LogP contribution in [0.25, 0.3) is 33.9 Å². The van der Waals surface area contributed by atoms with Crippen LogP contribution in [0.5, 0.6) is 0 Å². The summed E-state index contributed by atoms with van der Waals surface area (Å²) in [6.07, 6.45) is -1.55. The molecule has 0 spiro atoms. The van der Waals surface area contributed by atoms with Crippen LogP contribution in [0.3, 0.4) is 0 Å². The number of carboxylic acids is 1. The second-order valence-corrected chi connectivity index (χ2v) is 9.12. The summed E-state index contributed by atoms with van der Waals surface area (Å²) in [5.41, 5.74) is 2.28. The zero-order valence-electron chi connectivity index (χ0n) is 18.5. The third-order valence-corrected chi connectivity index (χ3v) is 6.46. The Morgan fingerprint density at radius 3 is 2.66 bits per heavy atom. The summed E-state index contributed by atoms with van der Waals surface area (Å²) in [4.78, 5) is 17.0. The largest absolute Gasteiger partial charge is 0.478 e. The van der Waals surface area contributed by atoms with Crippen LogP contribution >= 0.6 is 11.6 Å². The van der Waals surface area contributed by atoms with E-state index < -0.39 is 17.7 Å². The van der Waals surface area contributed by atoms with Gasteiger partial charge in [0.05, 0.1) is 27.4 Å². The van der Waals surface area contributed by atoms with Crippen LogP contribution in [-0.2, 0) is 12.6 Å². The molecule has 2 aromatic heterocycles. The van der Waals surface area contributed by atoms with Gasteiger partial charge in [0.25, 0.3) is 0 Å². The van der Waals surface area contributed by atoms with E-state index in [1.807, 2.05) is 13.0 Å². The molecule has 1 unspecified atom stereocenters. The fraction of sp³-hybridized carbons (Fsp3) is 0.185. The average molecular weight is 498 g/mol. The number of alkyl halides is 3. The van der Waals surface area contributed by atoms with Gasteiger partial charge in [-0.2, -0.15) is 13.2 Å². The molecule has 0 aliphatic heterocycles. The maximum absolute atomic E-state index is 13.3. The lowest BCUT2D eigenvalue weighted by atomic mass is 9.81. The predicted octanol–water partition coefficient (Wildman–Crippen LogP) is 7.99. The van der Waals surface area contributed by atoms with Crippen LogP contribution in [-0.4, -0.2) is 16.1 Å². The molecule has 4 aromatic rings. The van der Waals surface area contributed by atoms with Gasteiger partial charge in [0.1, 0.15) is 11.5 Å². The molecule has 2 heterocycles. The standard InChI is InChI=1S/C27H19ClF3NO3/c1-14-10-16(25-19(11-14)24(26(33)34)18-4-2-3-5-22(18)32-25)12-17-7-9-23(35-17)15-6-8-21(28)20(13-15)27(29,30)31/h2-9,12-14H,10-11H2,1H3,(H,33,34). The second-order valence-electron chi connectivity index (χ2n) is 8.71. The number of rotatable bonds is 3. The molecule has 35 heavy (non-hydrogen) atoms. The number of pyridine rings is 1. The molecule has 0 fully saturated rings. The molecule has 0 radical (unpaired) electrons. The van der Waals surface area contributed by atoms with Crippen LogP contribution in [0, 0.1) is 5.92 Å². The van der Waals surface area contributed by atoms with Gasteiger partial charge in [0.15, 0.2) is 0 Å². The molecular weight excluding hydrogens is 479 g/mol. The van der Waals surface area contributed by atoms with Crippen molar-refractivity contribution in [2.24, 2.45) is 5.92 Å². The number of hydrogen-bond acceptors (Lipinski definition) is 3. The number of benzene rings is 2. The van der Waals surface area contributed by atoms with E-state index in [0.29, 0.717) is 40.8 Å². The molecule has 1 atom stereocenters. The normalized spacial score (nSPS) is 17.1. The Balaban J connectivity index is 1.60. The summed E-state index contributed by atoms with van der Waals surface area (Å²) in [5.74, 6) is -0.127. The topological polar surface area (TPSA) is 63.3 Å². The number of para-hydroxylation sites is 1. The molecule has 1 aliphatic rings. The Labute approximate surface area is 203 Å². The minimum Gasteiger partial charge on any atom is -0.478 e. The molecule has 1 N–H and O–H groups in total. The van der Waals surface area contributed by atoms with Gasteiger partial charge in [0, 0.05) is 10.9 Å². The molecule has 0 amide bonds. The predicted molar refractivity (Wildman–Crippen MR) is 128 cm³/mol. The summed E-state index contributed by atoms with van der Waals surface area (Å²) in [6.45, 7) is 2.04. The van der Waals surface area contributed by atoms with Crippen molar-refractivity contribution >= 4 is 40.1 Å². The highest BCUT2D eigenvalue weighted by molar-refractivity contribution is 6.31. The summed E-state index contributed by atoms with van der Waals surface area (Å²) >= 11 is 5.73. The van der Waals surface area contributed by atoms with E-state index in [1.54, 1.807) is 36.4 Å². The molecule has 1 aliphatic carbocycles. The number of aromatic nitrogens is 1. The summed E-state index contributed by atoms with van der Waals surface area (Å²) in [7, 11) is 0. The maximum atomic E-state index is 13.3. The number of allylic oxidation sites excluding steroid dienone is 1. The van der Waals surface area contributed by atoms with Gasteiger partial charge in [-0.15, -0.1) is 0 Å². The van der Waals surface area contributed by atoms with Crippen molar-refractivity contribution in [3.8, 4) is 11.3 Å². The van der Waals surface area contributed by atoms with Crippen LogP contribution < -0.4 is 0 Å². The molecule has 178 valence electrons. The molecule has 0 bridgehead atoms. The van der Waals surface area contributed by atoms with Crippen LogP contribution in [0.1, 0.15) is 46.3 Å². The Morgan fingerprint density at radius 2 is 1.91 bits per heavy atom. The van der Waals surface area contributed by atoms with Crippen molar-refractivity contribution in [3.05, 3.63) is 87.8 Å². The zero-order valence-corrected chi connectivity index (χ0v) is 19.2. The van der Waals surface area contributed by atoms with Gasteiger partial charge < -0.3 is 9.52 Å². The average Bonchev–Trinajstić information content (AvgIpc) is 3.25. The van der Waals surface area contributed by atoms with E-state index in [2.05, 4.69) is 0 Å². The number of furan rings is 1. The Kier molecular flexibility index (Phi) is 5.68. The number of carbonyl (C=O) groups is 1. The Bertz CT molecular complexity index is 1500. The second kappa shape index (κ2) is 8.57. The quantitative estimate of drug-likeness (QED) is 0.311. The monoisotopic (exact) mass is 497 g/mol. The lowest BCUT2D eigenvalue weighted by Gasteiger charge is -2.25. The van der Waals surface area contributed by atoms with Gasteiger partial charge in [0.2, 0.25) is 0 Å². The van der Waals surface area contributed by atoms with Crippen molar-refractivity contribution in [2.45, 2.75) is 25.9 Å². The van der Waals surface area contributed by atoms with Gasteiger partial charge in [-0.1, -0.05) is 36.7 Å². The highest BCUT2D eigenvalue weighted by atomic mass is 35.5. The molecule has 2 aromatic carbocycles. The minimum absolute atomic E-state index is 0.176. The lowest BCUT2D eigenvalue weighted by Crippen LogP contribution is -2.17. The first-order valence-electron chi connectivity index (χ1n) is 10.9. The number of nitrogens with zero attached hydrogens (tertiary/aromatic N) is 1. The smallest absolute Gasteiger partial charge is 0.417 e. The fourth-order valence-corrected chi connectivity index (χ4v) is 4.86. The highest BCUT2D eigenvalue weighted by Gasteiger charge is 2.33. The van der Waals surface area contributed by atoms with Crippen LogP contribution in [0.2, 0.25) is 5.02 Å². The maximum Gasteiger partial charge on any atom is 0.417 e. The van der Waals surface area contributed by atoms with Gasteiger partial charge in [-0.25, -0.2) is 9.78 Å². The summed E-state index contributed by atoms with van der Waals surface area (Å²) in [5, 5.41) is 10.2. The number of aromatic carboxylic acids is 1. The Hall–Kier alpha value is -3.58. The van der Waals surface area contributed by atoms with Gasteiger partial charge in [-0.3, -0.25) is 0 Å². The minimum atomic E-state index is -4.58. The molecule has 8 heteroatoms. The third kappa shape index (κ3) is 4.32. The third-order valence-electron chi connectivity index (χ3n) is 6.13. The van der Waals surface area contributed by atoms with Gasteiger partial charge >= 0.3 is 12.1 Å². The number of fused-ring (bicyclic) bond motifs is 2. The first-order chi connectivity index (χ1) is 16.6. The molecule has 0 saturated carbocycles. The number of carboxylic acid groups (broad SMARTS) is 1. The van der Waals surface area contributed by atoms with E-state index in [9.17, 15) is 23.1 Å². The van der Waals surface area contributed by atoms with E-state index in [0.717, 1.165) is 11.6 Å². The lowest BCUT2D eigenvalue weighted by molar-refractivity contribution is -0.137. The Morgan fingerprint density at radius 1 is 1.14 bits per heavy atom. The van der Waals surface area contributed by atoms with Crippen LogP contribution in [0.4, 0.5) is 13.2 Å². The molecule has 5 rings (SSSR count). The summed E-state index contributed by atoms with van der Waals surface area (Å²) in [6, 6.07) is 14.0. The molecule has 4 nitrogen and oxygen atoms in total. The first-order valence-corrected chi connectivity index (χ1v) is 11.3.